The molecule has 0 heterocycles. The Morgan fingerprint density at radius 3 is 1.71 bits per heavy atom. The van der Waals surface area contributed by atoms with Gasteiger partial charge in [-0.05, 0) is 6.92 Å². The summed E-state index contributed by atoms with van der Waals surface area (Å²) in [4.78, 5) is 0. The molecular weight excluding hydrogens is 94.1 g/mol. The van der Waals surface area contributed by atoms with Gasteiger partial charge < -0.3 is 10.8 Å². The van der Waals surface area contributed by atoms with Crippen molar-refractivity contribution in [3.05, 3.63) is 0 Å². The molecule has 44 valence electrons. The fraction of sp³-hybridized carbons (Fsp3) is 1.00. The molecule has 1 atom stereocenters. The summed E-state index contributed by atoms with van der Waals surface area (Å²) in [5, 5.41) is 8.53. The molecule has 4 heteroatoms. The molecule has 0 aliphatic carbocycles. The molecule has 7 heavy (non-hydrogen) atoms. The fourth-order valence-electron chi connectivity index (χ4n) is 0. The fourth-order valence-corrected chi connectivity index (χ4v) is 0. The van der Waals surface area contributed by atoms with E-state index in [1.807, 2.05) is 0 Å². The molecule has 7 N–H and O–H groups in total. The molecule has 0 radical (unpaired) electrons. The lowest BCUT2D eigenvalue weighted by Crippen LogP contribution is -2.61. The first kappa shape index (κ1) is 6.84. The Morgan fingerprint density at radius 1 is 1.57 bits per heavy atom. The molecule has 0 bridgehead atoms. The zero-order chi connectivity index (χ0) is 6.08. The summed E-state index contributed by atoms with van der Waals surface area (Å²) in [6, 6.07) is -0.590. The molecule has 0 aliphatic rings. The number of nitrogens with two attached hydrogens (primary N) is 3. The van der Waals surface area contributed by atoms with E-state index in [-0.39, 0.29) is 0 Å². The number of hydrogen-bond acceptors (Lipinski definition) is 4. The predicted octanol–water partition coefficient (Wildman–Crippen LogP) is -2.10. The van der Waals surface area contributed by atoms with Gasteiger partial charge >= 0.3 is 0 Å². The van der Waals surface area contributed by atoms with Gasteiger partial charge in [0.05, 0.1) is 6.04 Å². The van der Waals surface area contributed by atoms with Gasteiger partial charge in [-0.2, -0.15) is 0 Å². The highest BCUT2D eigenvalue weighted by Gasteiger charge is 2.18. The van der Waals surface area contributed by atoms with Crippen LogP contribution in [0.15, 0.2) is 0 Å². The van der Waals surface area contributed by atoms with Gasteiger partial charge in [-0.1, -0.05) is 0 Å². The Bertz CT molecular complexity index is 55.7. The Labute approximate surface area is 42.3 Å². The van der Waals surface area contributed by atoms with Crippen molar-refractivity contribution >= 4 is 0 Å². The van der Waals surface area contributed by atoms with E-state index < -0.39 is 11.9 Å². The molecule has 0 fully saturated rings. The summed E-state index contributed by atoms with van der Waals surface area (Å²) in [7, 11) is 0. The van der Waals surface area contributed by atoms with Crippen LogP contribution in [0, 0.1) is 0 Å². The van der Waals surface area contributed by atoms with Crippen molar-refractivity contribution in [1.29, 1.82) is 0 Å². The molecular formula is C3H11N3O. The first-order chi connectivity index (χ1) is 2.94. The quantitative estimate of drug-likeness (QED) is 0.287. The van der Waals surface area contributed by atoms with Gasteiger partial charge in [0.1, 0.15) is 0 Å². The standard InChI is InChI=1S/C3H11N3O/c1-2(4)3(5,6)7/h2,7H,4-6H2,1H3. The van der Waals surface area contributed by atoms with E-state index >= 15 is 0 Å². The van der Waals surface area contributed by atoms with Crippen molar-refractivity contribution in [3.8, 4) is 0 Å². The van der Waals surface area contributed by atoms with Crippen molar-refractivity contribution in [2.45, 2.75) is 18.8 Å². The highest BCUT2D eigenvalue weighted by Crippen LogP contribution is 1.85. The third kappa shape index (κ3) is 2.52. The minimum Gasteiger partial charge on any atom is -0.362 e. The third-order valence-corrected chi connectivity index (χ3v) is 0.729. The number of rotatable bonds is 1. The highest BCUT2D eigenvalue weighted by molar-refractivity contribution is 4.71. The smallest absolute Gasteiger partial charge is 0.182 e. The lowest BCUT2D eigenvalue weighted by atomic mass is 10.2. The lowest BCUT2D eigenvalue weighted by molar-refractivity contribution is 0.0324. The van der Waals surface area contributed by atoms with Crippen LogP contribution in [-0.2, 0) is 0 Å². The average molecular weight is 105 g/mol. The van der Waals surface area contributed by atoms with E-state index in [1.165, 1.54) is 6.92 Å². The van der Waals surface area contributed by atoms with Gasteiger partial charge in [0, 0.05) is 0 Å². The SMILES string of the molecule is CC(N)C(N)(N)O. The molecule has 4 nitrogen and oxygen atoms in total. The predicted molar refractivity (Wildman–Crippen MR) is 27.0 cm³/mol. The molecule has 0 rings (SSSR count). The van der Waals surface area contributed by atoms with Gasteiger partial charge in [0.15, 0.2) is 5.85 Å². The molecule has 1 unspecified atom stereocenters. The van der Waals surface area contributed by atoms with E-state index in [1.54, 1.807) is 0 Å². The van der Waals surface area contributed by atoms with Crippen LogP contribution in [0.25, 0.3) is 0 Å². The molecule has 0 aliphatic heterocycles. The lowest BCUT2D eigenvalue weighted by Gasteiger charge is -2.20. The van der Waals surface area contributed by atoms with Crippen LogP contribution in [0.4, 0.5) is 0 Å². The van der Waals surface area contributed by atoms with E-state index in [0.29, 0.717) is 0 Å². The molecule has 0 aromatic carbocycles. The first-order valence-electron chi connectivity index (χ1n) is 2.00. The van der Waals surface area contributed by atoms with Gasteiger partial charge in [-0.25, -0.2) is 0 Å². The van der Waals surface area contributed by atoms with Crippen molar-refractivity contribution in [1.82, 2.24) is 0 Å². The summed E-state index contributed by atoms with van der Waals surface area (Å²) in [5.41, 5.74) is 14.8. The van der Waals surface area contributed by atoms with Crippen LogP contribution in [0.5, 0.6) is 0 Å². The third-order valence-electron chi connectivity index (χ3n) is 0.729. The molecule has 0 amide bonds. The van der Waals surface area contributed by atoms with Gasteiger partial charge in [-0.15, -0.1) is 0 Å². The van der Waals surface area contributed by atoms with E-state index in [2.05, 4.69) is 0 Å². The molecule has 0 saturated heterocycles. The maximum Gasteiger partial charge on any atom is 0.182 e. The Morgan fingerprint density at radius 2 is 1.71 bits per heavy atom. The van der Waals surface area contributed by atoms with Gasteiger partial charge in [0.25, 0.3) is 0 Å². The zero-order valence-electron chi connectivity index (χ0n) is 4.26. The van der Waals surface area contributed by atoms with E-state index in [9.17, 15) is 0 Å². The van der Waals surface area contributed by atoms with E-state index in [0.717, 1.165) is 0 Å². The molecule has 0 aromatic heterocycles. The molecule has 0 aromatic rings. The van der Waals surface area contributed by atoms with Crippen molar-refractivity contribution < 1.29 is 5.11 Å². The van der Waals surface area contributed by atoms with Crippen molar-refractivity contribution in [3.63, 3.8) is 0 Å². The van der Waals surface area contributed by atoms with Crippen LogP contribution >= 0.6 is 0 Å². The summed E-state index contributed by atoms with van der Waals surface area (Å²) >= 11 is 0. The monoisotopic (exact) mass is 105 g/mol. The number of hydrogen-bond donors (Lipinski definition) is 4. The summed E-state index contributed by atoms with van der Waals surface area (Å²) in [6.45, 7) is 1.53. The second-order valence-electron chi connectivity index (χ2n) is 1.68. The second-order valence-corrected chi connectivity index (χ2v) is 1.68. The molecule has 0 spiro atoms. The summed E-state index contributed by atoms with van der Waals surface area (Å²) in [6.07, 6.45) is 0. The minimum atomic E-state index is -1.72. The Hall–Kier alpha value is -0.160. The van der Waals surface area contributed by atoms with Crippen LogP contribution in [0.2, 0.25) is 0 Å². The summed E-state index contributed by atoms with van der Waals surface area (Å²) < 4.78 is 0. The summed E-state index contributed by atoms with van der Waals surface area (Å²) in [5.74, 6) is -1.72. The normalized spacial score (nSPS) is 16.7. The highest BCUT2D eigenvalue weighted by atomic mass is 16.3. The van der Waals surface area contributed by atoms with Crippen molar-refractivity contribution in [2.75, 3.05) is 0 Å². The average Bonchev–Trinajstić information content (AvgIpc) is 1.31. The Balaban J connectivity index is 3.54. The topological polar surface area (TPSA) is 98.3 Å². The van der Waals surface area contributed by atoms with Crippen LogP contribution in [0.1, 0.15) is 6.92 Å². The van der Waals surface area contributed by atoms with Crippen molar-refractivity contribution in [2.24, 2.45) is 17.2 Å². The largest absolute Gasteiger partial charge is 0.362 e. The maximum absolute atomic E-state index is 8.53. The minimum absolute atomic E-state index is 0.590. The van der Waals surface area contributed by atoms with Crippen LogP contribution < -0.4 is 17.2 Å². The zero-order valence-corrected chi connectivity index (χ0v) is 4.26. The van der Waals surface area contributed by atoms with E-state index in [4.69, 9.17) is 22.3 Å². The van der Waals surface area contributed by atoms with Gasteiger partial charge in [-0.3, -0.25) is 11.5 Å². The Kier molecular flexibility index (Phi) is 1.71. The second kappa shape index (κ2) is 1.75. The van der Waals surface area contributed by atoms with Gasteiger partial charge in [0.2, 0.25) is 0 Å². The van der Waals surface area contributed by atoms with Crippen LogP contribution in [-0.4, -0.2) is 17.0 Å². The first-order valence-corrected chi connectivity index (χ1v) is 2.00. The van der Waals surface area contributed by atoms with Crippen LogP contribution in [0.3, 0.4) is 0 Å². The maximum atomic E-state index is 8.53. The number of aliphatic hydroxyl groups is 1. The molecule has 0 saturated carbocycles.